The molecule has 0 aromatic rings. The third kappa shape index (κ3) is 23.1. The van der Waals surface area contributed by atoms with Gasteiger partial charge in [0.05, 0.1) is 0 Å². The third-order valence-electron chi connectivity index (χ3n) is 0.810. The van der Waals surface area contributed by atoms with Crippen LogP contribution in [0.2, 0.25) is 0 Å². The van der Waals surface area contributed by atoms with Crippen LogP contribution in [-0.4, -0.2) is 6.21 Å². The number of hydrogen-bond acceptors (Lipinski definition) is 1. The summed E-state index contributed by atoms with van der Waals surface area (Å²) >= 11 is 0. The lowest BCUT2D eigenvalue weighted by Crippen LogP contribution is -1.97. The van der Waals surface area contributed by atoms with Gasteiger partial charge in [0.1, 0.15) is 0 Å². The van der Waals surface area contributed by atoms with Crippen molar-refractivity contribution in [1.82, 2.24) is 0 Å². The van der Waals surface area contributed by atoms with Crippen molar-refractivity contribution in [2.45, 2.75) is 34.6 Å². The van der Waals surface area contributed by atoms with E-state index >= 15 is 0 Å². The quantitative estimate of drug-likeness (QED) is 0.417. The number of rotatable bonds is 1. The van der Waals surface area contributed by atoms with Gasteiger partial charge in [0, 0.05) is 12.4 Å². The lowest BCUT2D eigenvalue weighted by Gasteiger charge is -2.09. The van der Waals surface area contributed by atoms with Crippen LogP contribution >= 0.6 is 0 Å². The molecule has 0 aliphatic carbocycles. The highest BCUT2D eigenvalue weighted by Gasteiger charge is 2.01. The molecule has 0 amide bonds. The van der Waals surface area contributed by atoms with E-state index in [-0.39, 0.29) is 5.41 Å². The lowest BCUT2D eigenvalue weighted by molar-refractivity contribution is 0.543. The van der Waals surface area contributed by atoms with Gasteiger partial charge in [-0.25, -0.2) is 0 Å². The van der Waals surface area contributed by atoms with E-state index in [1.165, 1.54) is 0 Å². The second kappa shape index (κ2) is 8.07. The summed E-state index contributed by atoms with van der Waals surface area (Å²) in [6, 6.07) is 0. The molecule has 0 atom stereocenters. The first-order valence-corrected chi connectivity index (χ1v) is 4.00. The van der Waals surface area contributed by atoms with E-state index in [0.29, 0.717) is 0 Å². The summed E-state index contributed by atoms with van der Waals surface area (Å²) in [7, 11) is 0. The first-order valence-electron chi connectivity index (χ1n) is 4.00. The van der Waals surface area contributed by atoms with E-state index in [1.54, 1.807) is 13.1 Å². The minimum Gasteiger partial charge on any atom is -0.270 e. The number of allylic oxidation sites excluding steroid dienone is 1. The zero-order valence-electron chi connectivity index (χ0n) is 8.76. The Kier molecular flexibility index (Phi) is 9.11. The molecule has 0 heterocycles. The van der Waals surface area contributed by atoms with Crippen molar-refractivity contribution in [3.63, 3.8) is 0 Å². The highest BCUT2D eigenvalue weighted by Crippen LogP contribution is 2.13. The third-order valence-corrected chi connectivity index (χ3v) is 0.810. The van der Waals surface area contributed by atoms with Crippen LogP contribution in [0.4, 0.5) is 0 Å². The number of aliphatic imine (C=N–C) groups is 1. The fraction of sp³-hybridized carbons (Fsp3) is 0.545. The number of terminal acetylenes is 1. The van der Waals surface area contributed by atoms with Crippen molar-refractivity contribution in [2.24, 2.45) is 10.4 Å². The smallest absolute Gasteiger partial charge is 0.0229 e. The molecule has 0 saturated carbocycles. The molecule has 0 aromatic carbocycles. The number of nitrogens with zero attached hydrogens (tertiary/aromatic N) is 1. The van der Waals surface area contributed by atoms with Crippen molar-refractivity contribution in [2.75, 3.05) is 0 Å². The van der Waals surface area contributed by atoms with Gasteiger partial charge in [-0.2, -0.15) is 0 Å². The van der Waals surface area contributed by atoms with Gasteiger partial charge in [-0.15, -0.1) is 12.3 Å². The van der Waals surface area contributed by atoms with E-state index in [0.717, 1.165) is 0 Å². The summed E-state index contributed by atoms with van der Waals surface area (Å²) in [4.78, 5) is 3.95. The second-order valence-electron chi connectivity index (χ2n) is 3.38. The van der Waals surface area contributed by atoms with Crippen molar-refractivity contribution in [3.8, 4) is 12.3 Å². The zero-order valence-corrected chi connectivity index (χ0v) is 8.76. The molecule has 0 fully saturated rings. The van der Waals surface area contributed by atoms with Crippen LogP contribution in [0.1, 0.15) is 34.6 Å². The molecule has 1 heteroatoms. The van der Waals surface area contributed by atoms with Gasteiger partial charge in [0.2, 0.25) is 0 Å². The molecular formula is C11H19N. The molecule has 0 spiro atoms. The Balaban J connectivity index is 0. The van der Waals surface area contributed by atoms with Crippen molar-refractivity contribution < 1.29 is 0 Å². The monoisotopic (exact) mass is 165 g/mol. The summed E-state index contributed by atoms with van der Waals surface area (Å²) in [6.45, 7) is 10.0. The molecule has 1 nitrogen and oxygen atoms in total. The molecule has 0 saturated heterocycles. The van der Waals surface area contributed by atoms with Crippen molar-refractivity contribution in [3.05, 3.63) is 12.3 Å². The molecule has 0 aromatic heterocycles. The van der Waals surface area contributed by atoms with Crippen LogP contribution in [0.15, 0.2) is 17.3 Å². The second-order valence-corrected chi connectivity index (χ2v) is 3.38. The molecule has 0 radical (unpaired) electrons. The van der Waals surface area contributed by atoms with Crippen molar-refractivity contribution >= 4 is 6.21 Å². The molecule has 68 valence electrons. The van der Waals surface area contributed by atoms with E-state index in [9.17, 15) is 0 Å². The van der Waals surface area contributed by atoms with E-state index in [2.05, 4.69) is 44.2 Å². The minimum atomic E-state index is 0.256. The van der Waals surface area contributed by atoms with Crippen LogP contribution in [0.3, 0.4) is 0 Å². The Morgan fingerprint density at radius 1 is 1.33 bits per heavy atom. The summed E-state index contributed by atoms with van der Waals surface area (Å²) in [5.41, 5.74) is 0.256. The van der Waals surface area contributed by atoms with Crippen LogP contribution in [0.5, 0.6) is 0 Å². The predicted molar refractivity (Wildman–Crippen MR) is 57.3 cm³/mol. The van der Waals surface area contributed by atoms with E-state index < -0.39 is 0 Å². The summed E-state index contributed by atoms with van der Waals surface area (Å²) in [5, 5.41) is 0. The molecular weight excluding hydrogens is 146 g/mol. The van der Waals surface area contributed by atoms with Crippen LogP contribution in [0, 0.1) is 17.8 Å². The molecule has 12 heavy (non-hydrogen) atoms. The SMILES string of the molecule is C#CC.CC=N/C=C\C(C)(C)C. The maximum absolute atomic E-state index is 4.60. The maximum Gasteiger partial charge on any atom is 0.0229 e. The number of hydrogen-bond donors (Lipinski definition) is 0. The average Bonchev–Trinajstić information content (AvgIpc) is 1.87. The molecule has 0 N–H and O–H groups in total. The van der Waals surface area contributed by atoms with Crippen LogP contribution in [0.25, 0.3) is 0 Å². The van der Waals surface area contributed by atoms with Gasteiger partial charge in [-0.05, 0) is 19.3 Å². The van der Waals surface area contributed by atoms with Gasteiger partial charge in [-0.3, -0.25) is 4.99 Å². The van der Waals surface area contributed by atoms with Gasteiger partial charge >= 0.3 is 0 Å². The average molecular weight is 165 g/mol. The van der Waals surface area contributed by atoms with Crippen LogP contribution in [-0.2, 0) is 0 Å². The fourth-order valence-corrected chi connectivity index (χ4v) is 0.353. The van der Waals surface area contributed by atoms with Gasteiger partial charge in [-0.1, -0.05) is 26.8 Å². The minimum absolute atomic E-state index is 0.256. The normalized spacial score (nSPS) is 11.0. The Hall–Kier alpha value is -1.03. The molecule has 0 aliphatic rings. The first kappa shape index (κ1) is 13.6. The first-order chi connectivity index (χ1) is 5.47. The molecule has 0 aliphatic heterocycles. The standard InChI is InChI=1S/C8H15N.C3H4/c1-5-9-7-6-8(2,3)4;1-3-2/h5-7H,1-4H3;1H,2H3/b7-6-,9-5?;. The van der Waals surface area contributed by atoms with Gasteiger partial charge in [0.15, 0.2) is 0 Å². The maximum atomic E-state index is 4.60. The predicted octanol–water partition coefficient (Wildman–Crippen LogP) is 3.28. The van der Waals surface area contributed by atoms with Crippen LogP contribution < -0.4 is 0 Å². The lowest BCUT2D eigenvalue weighted by atomic mass is 9.97. The molecule has 0 unspecified atom stereocenters. The summed E-state index contributed by atoms with van der Waals surface area (Å²) in [5.74, 6) is 2.25. The van der Waals surface area contributed by atoms with Crippen molar-refractivity contribution in [1.29, 1.82) is 0 Å². The largest absolute Gasteiger partial charge is 0.270 e. The van der Waals surface area contributed by atoms with Gasteiger partial charge in [0.25, 0.3) is 0 Å². The summed E-state index contributed by atoms with van der Waals surface area (Å²) in [6.07, 6.45) is 10.3. The molecule has 0 bridgehead atoms. The van der Waals surface area contributed by atoms with E-state index in [4.69, 9.17) is 0 Å². The fourth-order valence-electron chi connectivity index (χ4n) is 0.353. The molecule has 0 rings (SSSR count). The Bertz CT molecular complexity index is 174. The summed E-state index contributed by atoms with van der Waals surface area (Å²) < 4.78 is 0. The topological polar surface area (TPSA) is 12.4 Å². The Morgan fingerprint density at radius 2 is 1.75 bits per heavy atom. The van der Waals surface area contributed by atoms with Gasteiger partial charge < -0.3 is 0 Å². The van der Waals surface area contributed by atoms with E-state index in [1.807, 2.05) is 13.1 Å². The zero-order chi connectivity index (χ0) is 10.0. The Labute approximate surface area is 76.6 Å². The highest BCUT2D eigenvalue weighted by molar-refractivity contribution is 5.54. The Morgan fingerprint density at radius 3 is 2.00 bits per heavy atom. The highest BCUT2D eigenvalue weighted by atomic mass is 14.6.